The first kappa shape index (κ1) is 16.3. The predicted molar refractivity (Wildman–Crippen MR) is 97.3 cm³/mol. The van der Waals surface area contributed by atoms with E-state index in [1.165, 1.54) is 6.33 Å². The minimum absolute atomic E-state index is 0.660. The number of rotatable bonds is 5. The highest BCUT2D eigenvalue weighted by molar-refractivity contribution is 6.31. The molecule has 1 N–H and O–H groups in total. The van der Waals surface area contributed by atoms with Gasteiger partial charge in [-0.2, -0.15) is 5.10 Å². The van der Waals surface area contributed by atoms with Crippen molar-refractivity contribution in [1.29, 1.82) is 0 Å². The molecule has 7 nitrogen and oxygen atoms in total. The summed E-state index contributed by atoms with van der Waals surface area (Å²) in [5.74, 6) is 0.745. The van der Waals surface area contributed by atoms with E-state index in [2.05, 4.69) is 25.3 Å². The number of nitrogens with zero attached hydrogens (tertiary/aromatic N) is 5. The van der Waals surface area contributed by atoms with E-state index in [0.29, 0.717) is 5.02 Å². The molecule has 1 saturated heterocycles. The average Bonchev–Trinajstić information content (AvgIpc) is 3.08. The van der Waals surface area contributed by atoms with E-state index < -0.39 is 0 Å². The number of fused-ring (bicyclic) bond motifs is 1. The number of ether oxygens (including phenoxy) is 1. The van der Waals surface area contributed by atoms with Crippen molar-refractivity contribution in [2.24, 2.45) is 0 Å². The SMILES string of the molecule is Clc1ccc2c(Nc3cnn(CCN4CCOCC4)c3)ncnc2c1. The van der Waals surface area contributed by atoms with Crippen molar-refractivity contribution < 1.29 is 4.74 Å². The van der Waals surface area contributed by atoms with Gasteiger partial charge in [0.05, 0.1) is 37.2 Å². The van der Waals surface area contributed by atoms with Crippen molar-refractivity contribution in [3.63, 3.8) is 0 Å². The molecule has 1 fully saturated rings. The Morgan fingerprint density at radius 1 is 1.16 bits per heavy atom. The number of aromatic nitrogens is 4. The van der Waals surface area contributed by atoms with Crippen molar-refractivity contribution in [3.8, 4) is 0 Å². The molecule has 1 aliphatic heterocycles. The van der Waals surface area contributed by atoms with Crippen LogP contribution >= 0.6 is 11.6 Å². The standard InChI is InChI=1S/C17H19ClN6O/c18-13-1-2-15-16(9-13)19-12-20-17(15)22-14-10-21-24(11-14)4-3-23-5-7-25-8-6-23/h1-2,9-12H,3-8H2,(H,19,20,22). The van der Waals surface area contributed by atoms with Crippen LogP contribution in [0.5, 0.6) is 0 Å². The summed E-state index contributed by atoms with van der Waals surface area (Å²) in [5, 5.41) is 9.32. The van der Waals surface area contributed by atoms with E-state index in [4.69, 9.17) is 16.3 Å². The minimum atomic E-state index is 0.660. The van der Waals surface area contributed by atoms with Crippen LogP contribution in [-0.2, 0) is 11.3 Å². The van der Waals surface area contributed by atoms with Crippen molar-refractivity contribution in [2.45, 2.75) is 6.54 Å². The Bertz CT molecular complexity index is 861. The van der Waals surface area contributed by atoms with E-state index in [1.54, 1.807) is 0 Å². The van der Waals surface area contributed by atoms with Crippen molar-refractivity contribution >= 4 is 34.0 Å². The molecule has 1 aliphatic rings. The van der Waals surface area contributed by atoms with E-state index in [9.17, 15) is 0 Å². The van der Waals surface area contributed by atoms with Gasteiger partial charge in [0, 0.05) is 36.2 Å². The summed E-state index contributed by atoms with van der Waals surface area (Å²) in [7, 11) is 0. The van der Waals surface area contributed by atoms with Crippen LogP contribution in [0.15, 0.2) is 36.9 Å². The molecule has 25 heavy (non-hydrogen) atoms. The monoisotopic (exact) mass is 358 g/mol. The molecule has 0 amide bonds. The summed E-state index contributed by atoms with van der Waals surface area (Å²) in [4.78, 5) is 11.0. The van der Waals surface area contributed by atoms with Gasteiger partial charge < -0.3 is 10.1 Å². The maximum atomic E-state index is 6.03. The average molecular weight is 359 g/mol. The third-order valence-corrected chi connectivity index (χ3v) is 4.48. The molecule has 1 aromatic carbocycles. The minimum Gasteiger partial charge on any atom is -0.379 e. The predicted octanol–water partition coefficient (Wildman–Crippen LogP) is 2.56. The summed E-state index contributed by atoms with van der Waals surface area (Å²) in [5.41, 5.74) is 1.71. The molecule has 0 radical (unpaired) electrons. The Hall–Kier alpha value is -2.22. The lowest BCUT2D eigenvalue weighted by Gasteiger charge is -2.26. The second-order valence-electron chi connectivity index (χ2n) is 5.95. The zero-order chi connectivity index (χ0) is 17.1. The third-order valence-electron chi connectivity index (χ3n) is 4.24. The van der Waals surface area contributed by atoms with Crippen LogP contribution in [0.3, 0.4) is 0 Å². The lowest BCUT2D eigenvalue weighted by molar-refractivity contribution is 0.0360. The Morgan fingerprint density at radius 3 is 2.92 bits per heavy atom. The second-order valence-corrected chi connectivity index (χ2v) is 6.39. The zero-order valence-corrected chi connectivity index (χ0v) is 14.5. The first-order chi connectivity index (χ1) is 12.3. The third kappa shape index (κ3) is 3.89. The van der Waals surface area contributed by atoms with E-state index in [0.717, 1.165) is 61.8 Å². The fourth-order valence-corrected chi connectivity index (χ4v) is 3.05. The highest BCUT2D eigenvalue weighted by Gasteiger charge is 2.10. The first-order valence-corrected chi connectivity index (χ1v) is 8.65. The molecule has 3 aromatic rings. The highest BCUT2D eigenvalue weighted by Crippen LogP contribution is 2.24. The fraction of sp³-hybridized carbons (Fsp3) is 0.353. The van der Waals surface area contributed by atoms with Gasteiger partial charge in [0.2, 0.25) is 0 Å². The lowest BCUT2D eigenvalue weighted by Crippen LogP contribution is -2.38. The van der Waals surface area contributed by atoms with Crippen LogP contribution in [0.2, 0.25) is 5.02 Å². The van der Waals surface area contributed by atoms with E-state index in [1.807, 2.05) is 35.3 Å². The number of morpholine rings is 1. The van der Waals surface area contributed by atoms with Crippen molar-refractivity contribution in [3.05, 3.63) is 41.9 Å². The number of anilines is 2. The van der Waals surface area contributed by atoms with Gasteiger partial charge in [0.15, 0.2) is 0 Å². The lowest BCUT2D eigenvalue weighted by atomic mass is 10.2. The van der Waals surface area contributed by atoms with Crippen LogP contribution in [0, 0.1) is 0 Å². The Balaban J connectivity index is 1.44. The molecule has 3 heterocycles. The largest absolute Gasteiger partial charge is 0.379 e. The molecule has 0 bridgehead atoms. The molecular weight excluding hydrogens is 340 g/mol. The van der Waals surface area contributed by atoms with Gasteiger partial charge in [-0.25, -0.2) is 9.97 Å². The summed E-state index contributed by atoms with van der Waals surface area (Å²) in [6.07, 6.45) is 5.33. The molecule has 0 spiro atoms. The highest BCUT2D eigenvalue weighted by atomic mass is 35.5. The van der Waals surface area contributed by atoms with E-state index in [-0.39, 0.29) is 0 Å². The topological polar surface area (TPSA) is 68.1 Å². The van der Waals surface area contributed by atoms with Crippen LogP contribution in [0.25, 0.3) is 10.9 Å². The van der Waals surface area contributed by atoms with Crippen LogP contribution in [0.4, 0.5) is 11.5 Å². The number of hydrogen-bond donors (Lipinski definition) is 1. The maximum absolute atomic E-state index is 6.03. The van der Waals surface area contributed by atoms with Gasteiger partial charge in [-0.15, -0.1) is 0 Å². The quantitative estimate of drug-likeness (QED) is 0.756. The summed E-state index contributed by atoms with van der Waals surface area (Å²) >= 11 is 6.03. The molecular formula is C17H19ClN6O. The van der Waals surface area contributed by atoms with Gasteiger partial charge in [-0.05, 0) is 18.2 Å². The van der Waals surface area contributed by atoms with E-state index >= 15 is 0 Å². The van der Waals surface area contributed by atoms with Crippen molar-refractivity contribution in [2.75, 3.05) is 38.2 Å². The Kier molecular flexibility index (Phi) is 4.78. The van der Waals surface area contributed by atoms with Gasteiger partial charge >= 0.3 is 0 Å². The second kappa shape index (κ2) is 7.35. The summed E-state index contributed by atoms with van der Waals surface area (Å²) in [6, 6.07) is 5.59. The normalized spacial score (nSPS) is 15.6. The number of nitrogens with one attached hydrogen (secondary N) is 1. The molecule has 0 unspecified atom stereocenters. The van der Waals surface area contributed by atoms with Gasteiger partial charge in [0.1, 0.15) is 12.1 Å². The van der Waals surface area contributed by atoms with Gasteiger partial charge in [0.25, 0.3) is 0 Å². The number of benzene rings is 1. The Morgan fingerprint density at radius 2 is 2.04 bits per heavy atom. The molecule has 4 rings (SSSR count). The summed E-state index contributed by atoms with van der Waals surface area (Å²) < 4.78 is 7.31. The van der Waals surface area contributed by atoms with Gasteiger partial charge in [-0.1, -0.05) is 11.6 Å². The zero-order valence-electron chi connectivity index (χ0n) is 13.7. The smallest absolute Gasteiger partial charge is 0.141 e. The van der Waals surface area contributed by atoms with Crippen LogP contribution < -0.4 is 5.32 Å². The van der Waals surface area contributed by atoms with Crippen LogP contribution in [0.1, 0.15) is 0 Å². The Labute approximate surface area is 150 Å². The maximum Gasteiger partial charge on any atom is 0.141 e. The van der Waals surface area contributed by atoms with Crippen molar-refractivity contribution in [1.82, 2.24) is 24.6 Å². The van der Waals surface area contributed by atoms with Gasteiger partial charge in [-0.3, -0.25) is 9.58 Å². The number of halogens is 1. The van der Waals surface area contributed by atoms with Crippen LogP contribution in [-0.4, -0.2) is 57.5 Å². The molecule has 130 valence electrons. The molecule has 0 saturated carbocycles. The molecule has 8 heteroatoms. The fourth-order valence-electron chi connectivity index (χ4n) is 2.89. The molecule has 0 atom stereocenters. The summed E-state index contributed by atoms with van der Waals surface area (Å²) in [6.45, 7) is 5.43. The first-order valence-electron chi connectivity index (χ1n) is 8.28. The number of hydrogen-bond acceptors (Lipinski definition) is 6. The molecule has 0 aliphatic carbocycles. The molecule has 2 aromatic heterocycles.